The highest BCUT2D eigenvalue weighted by atomic mass is 15.0. The average Bonchev–Trinajstić information content (AvgIpc) is 3.59. The summed E-state index contributed by atoms with van der Waals surface area (Å²) in [5.74, 6) is 1.91. The Kier molecular flexibility index (Phi) is 7.43. The predicted octanol–water partition coefficient (Wildman–Crippen LogP) is 12.5. The Morgan fingerprint density at radius 1 is 0.302 bits per heavy atom. The number of rotatable bonds is 6. The van der Waals surface area contributed by atoms with Crippen molar-refractivity contribution < 1.29 is 0 Å². The molecule has 0 saturated carbocycles. The molecule has 2 heterocycles. The molecule has 0 unspecified atom stereocenters. The van der Waals surface area contributed by atoms with E-state index in [9.17, 15) is 0 Å². The number of aromatic nitrogens is 4. The molecule has 53 heavy (non-hydrogen) atoms. The molecule has 248 valence electrons. The van der Waals surface area contributed by atoms with Gasteiger partial charge < -0.3 is 4.57 Å². The fourth-order valence-corrected chi connectivity index (χ4v) is 7.50. The second-order valence-electron chi connectivity index (χ2n) is 13.3. The molecule has 10 aromatic rings. The van der Waals surface area contributed by atoms with Crippen molar-refractivity contribution in [3.63, 3.8) is 0 Å². The number of nitrogens with zero attached hydrogens (tertiary/aromatic N) is 4. The summed E-state index contributed by atoms with van der Waals surface area (Å²) in [6, 6.07) is 68.1. The number of fused-ring (bicyclic) bond motifs is 5. The van der Waals surface area contributed by atoms with Crippen LogP contribution in [0.2, 0.25) is 0 Å². The lowest BCUT2D eigenvalue weighted by molar-refractivity contribution is 1.07. The first-order chi connectivity index (χ1) is 26.3. The number of para-hydroxylation sites is 1. The van der Waals surface area contributed by atoms with Gasteiger partial charge in [-0.05, 0) is 69.4 Å². The molecule has 8 aromatic carbocycles. The van der Waals surface area contributed by atoms with Gasteiger partial charge in [0.2, 0.25) is 0 Å². The fourth-order valence-electron chi connectivity index (χ4n) is 7.50. The van der Waals surface area contributed by atoms with Crippen molar-refractivity contribution in [2.45, 2.75) is 0 Å². The summed E-state index contributed by atoms with van der Waals surface area (Å²) in [4.78, 5) is 15.1. The zero-order valence-electron chi connectivity index (χ0n) is 28.8. The molecular weight excluding hydrogens is 645 g/mol. The zero-order valence-corrected chi connectivity index (χ0v) is 28.8. The normalized spacial score (nSPS) is 11.4. The minimum absolute atomic E-state index is 0.631. The van der Waals surface area contributed by atoms with Crippen LogP contribution in [0.1, 0.15) is 0 Å². The summed E-state index contributed by atoms with van der Waals surface area (Å²) in [6.07, 6.45) is 0. The third-order valence-electron chi connectivity index (χ3n) is 10.0. The first-order valence-corrected chi connectivity index (χ1v) is 17.9. The van der Waals surface area contributed by atoms with E-state index >= 15 is 0 Å². The molecule has 4 nitrogen and oxygen atoms in total. The average molecular weight is 677 g/mol. The van der Waals surface area contributed by atoms with E-state index < -0.39 is 0 Å². The Balaban J connectivity index is 1.09. The van der Waals surface area contributed by atoms with Crippen LogP contribution >= 0.6 is 0 Å². The van der Waals surface area contributed by atoms with Crippen molar-refractivity contribution in [1.29, 1.82) is 0 Å². The molecule has 0 saturated heterocycles. The molecule has 0 spiro atoms. The molecule has 4 heteroatoms. The van der Waals surface area contributed by atoms with Gasteiger partial charge in [-0.1, -0.05) is 158 Å². The lowest BCUT2D eigenvalue weighted by Gasteiger charge is -2.12. The molecular formula is C49H32N4. The van der Waals surface area contributed by atoms with Crippen molar-refractivity contribution in [2.75, 3.05) is 0 Å². The summed E-state index contributed by atoms with van der Waals surface area (Å²) in [5.41, 5.74) is 10.8. The lowest BCUT2D eigenvalue weighted by atomic mass is 10.0. The Hall–Kier alpha value is -7.17. The van der Waals surface area contributed by atoms with Gasteiger partial charge in [-0.15, -0.1) is 0 Å². The van der Waals surface area contributed by atoms with E-state index in [-0.39, 0.29) is 0 Å². The van der Waals surface area contributed by atoms with E-state index in [2.05, 4.69) is 162 Å². The van der Waals surface area contributed by atoms with E-state index in [1.165, 1.54) is 32.6 Å². The molecule has 0 aliphatic rings. The summed E-state index contributed by atoms with van der Waals surface area (Å²) >= 11 is 0. The van der Waals surface area contributed by atoms with E-state index in [0.717, 1.165) is 44.6 Å². The third-order valence-corrected chi connectivity index (χ3v) is 10.0. The van der Waals surface area contributed by atoms with Crippen LogP contribution in [0.4, 0.5) is 0 Å². The first kappa shape index (κ1) is 30.6. The lowest BCUT2D eigenvalue weighted by Crippen LogP contribution is -2.00. The van der Waals surface area contributed by atoms with Gasteiger partial charge in [0.25, 0.3) is 0 Å². The quantitative estimate of drug-likeness (QED) is 0.176. The highest BCUT2D eigenvalue weighted by molar-refractivity contribution is 6.21. The topological polar surface area (TPSA) is 43.6 Å². The molecule has 0 atom stereocenters. The molecule has 0 fully saturated rings. The second kappa shape index (κ2) is 12.9. The molecule has 0 aliphatic heterocycles. The van der Waals surface area contributed by atoms with Crippen molar-refractivity contribution in [3.8, 4) is 62.1 Å². The highest BCUT2D eigenvalue weighted by Gasteiger charge is 2.16. The highest BCUT2D eigenvalue weighted by Crippen LogP contribution is 2.38. The molecule has 0 radical (unpaired) electrons. The van der Waals surface area contributed by atoms with Gasteiger partial charge in [-0.2, -0.15) is 0 Å². The van der Waals surface area contributed by atoms with E-state index in [1.807, 2.05) is 36.4 Å². The van der Waals surface area contributed by atoms with Crippen molar-refractivity contribution in [2.24, 2.45) is 0 Å². The van der Waals surface area contributed by atoms with Gasteiger partial charge in [0.05, 0.1) is 11.0 Å². The first-order valence-electron chi connectivity index (χ1n) is 17.9. The Morgan fingerprint density at radius 3 is 1.49 bits per heavy atom. The van der Waals surface area contributed by atoms with Crippen LogP contribution < -0.4 is 0 Å². The Bertz CT molecular complexity index is 2950. The van der Waals surface area contributed by atoms with Gasteiger partial charge in [-0.3, -0.25) is 0 Å². The maximum absolute atomic E-state index is 5.09. The van der Waals surface area contributed by atoms with Crippen molar-refractivity contribution in [3.05, 3.63) is 194 Å². The van der Waals surface area contributed by atoms with Crippen LogP contribution in [0.3, 0.4) is 0 Å². The Morgan fingerprint density at radius 2 is 0.792 bits per heavy atom. The van der Waals surface area contributed by atoms with Gasteiger partial charge in [0, 0.05) is 33.2 Å². The molecule has 0 amide bonds. The Labute approximate surface area is 307 Å². The van der Waals surface area contributed by atoms with Crippen LogP contribution in [0, 0.1) is 0 Å². The minimum Gasteiger partial charge on any atom is -0.309 e. The molecule has 0 bridgehead atoms. The van der Waals surface area contributed by atoms with Gasteiger partial charge in [0.15, 0.2) is 17.5 Å². The number of hydrogen-bond donors (Lipinski definition) is 0. The summed E-state index contributed by atoms with van der Waals surface area (Å²) < 4.78 is 2.39. The van der Waals surface area contributed by atoms with Crippen LogP contribution in [0.5, 0.6) is 0 Å². The molecule has 10 rings (SSSR count). The summed E-state index contributed by atoms with van der Waals surface area (Å²) in [7, 11) is 0. The zero-order chi connectivity index (χ0) is 35.1. The largest absolute Gasteiger partial charge is 0.309 e. The standard InChI is InChI=1S/C49H32N4/c1-3-14-33(15-4-1)36-19-11-22-39(30-36)48-50-47(35-17-5-2-6-18-35)51-49(52-48)40-23-12-20-37(31-40)38-21-13-24-41(32-38)53-44-27-10-9-26-43(44)46-42-25-8-7-16-34(42)28-29-45(46)53/h1-32H. The van der Waals surface area contributed by atoms with Gasteiger partial charge >= 0.3 is 0 Å². The fraction of sp³-hybridized carbons (Fsp3) is 0. The SMILES string of the molecule is c1ccc(-c2cccc(-c3nc(-c4ccccc4)nc(-c4cccc(-c5cccc(-n6c7ccccc7c7c8ccccc8ccc76)c5)c4)n3)c2)cc1. The molecule has 0 N–H and O–H groups in total. The smallest absolute Gasteiger partial charge is 0.164 e. The molecule has 2 aromatic heterocycles. The van der Waals surface area contributed by atoms with E-state index in [1.54, 1.807) is 0 Å². The monoisotopic (exact) mass is 676 g/mol. The van der Waals surface area contributed by atoms with Crippen LogP contribution in [0.15, 0.2) is 194 Å². The maximum Gasteiger partial charge on any atom is 0.164 e. The second-order valence-corrected chi connectivity index (χ2v) is 13.3. The predicted molar refractivity (Wildman–Crippen MR) is 219 cm³/mol. The minimum atomic E-state index is 0.631. The summed E-state index contributed by atoms with van der Waals surface area (Å²) in [6.45, 7) is 0. The maximum atomic E-state index is 5.09. The third kappa shape index (κ3) is 5.54. The number of hydrogen-bond acceptors (Lipinski definition) is 3. The van der Waals surface area contributed by atoms with Gasteiger partial charge in [-0.25, -0.2) is 15.0 Å². The van der Waals surface area contributed by atoms with E-state index in [0.29, 0.717) is 17.5 Å². The molecule has 0 aliphatic carbocycles. The number of benzene rings is 8. The van der Waals surface area contributed by atoms with Crippen LogP contribution in [-0.4, -0.2) is 19.5 Å². The summed E-state index contributed by atoms with van der Waals surface area (Å²) in [5, 5.41) is 5.04. The van der Waals surface area contributed by atoms with Gasteiger partial charge in [0.1, 0.15) is 0 Å². The van der Waals surface area contributed by atoms with E-state index in [4.69, 9.17) is 15.0 Å². The van der Waals surface area contributed by atoms with Crippen molar-refractivity contribution in [1.82, 2.24) is 19.5 Å². The van der Waals surface area contributed by atoms with Crippen LogP contribution in [-0.2, 0) is 0 Å². The van der Waals surface area contributed by atoms with Crippen molar-refractivity contribution >= 4 is 32.6 Å². The van der Waals surface area contributed by atoms with Crippen LogP contribution in [0.25, 0.3) is 94.7 Å².